The number of hydrogen-bond acceptors (Lipinski definition) is 3. The molecule has 0 saturated heterocycles. The summed E-state index contributed by atoms with van der Waals surface area (Å²) in [4.78, 5) is 2.26. The summed E-state index contributed by atoms with van der Waals surface area (Å²) in [5.41, 5.74) is 7.07. The first-order valence-electron chi connectivity index (χ1n) is 5.71. The highest BCUT2D eigenvalue weighted by Gasteiger charge is 2.11. The topological polar surface area (TPSA) is 38.5 Å². The molecule has 0 bridgehead atoms. The molecule has 0 saturated carbocycles. The number of hydrogen-bond donors (Lipinski definition) is 1. The molecule has 3 heteroatoms. The van der Waals surface area contributed by atoms with E-state index >= 15 is 0 Å². The fourth-order valence-corrected chi connectivity index (χ4v) is 1.70. The van der Waals surface area contributed by atoms with Crippen molar-refractivity contribution in [2.75, 3.05) is 33.9 Å². The van der Waals surface area contributed by atoms with Crippen LogP contribution in [0.5, 0.6) is 0 Å². The average Bonchev–Trinajstić information content (AvgIpc) is 2.34. The van der Waals surface area contributed by atoms with Gasteiger partial charge in [-0.15, -0.1) is 0 Å². The lowest BCUT2D eigenvalue weighted by atomic mass is 10.1. The van der Waals surface area contributed by atoms with Crippen LogP contribution >= 0.6 is 0 Å². The first kappa shape index (κ1) is 13.2. The lowest BCUT2D eigenvalue weighted by molar-refractivity contribution is 0.111. The molecule has 90 valence electrons. The normalized spacial score (nSPS) is 13.0. The van der Waals surface area contributed by atoms with Crippen LogP contribution in [0.4, 0.5) is 0 Å². The van der Waals surface area contributed by atoms with Gasteiger partial charge in [0.15, 0.2) is 0 Å². The number of rotatable bonds is 7. The van der Waals surface area contributed by atoms with E-state index in [2.05, 4.69) is 36.2 Å². The highest BCUT2D eigenvalue weighted by molar-refractivity contribution is 5.14. The molecule has 1 unspecified atom stereocenters. The maximum absolute atomic E-state index is 5.71. The summed E-state index contributed by atoms with van der Waals surface area (Å²) in [6.07, 6.45) is 1.05. The van der Waals surface area contributed by atoms with E-state index in [1.165, 1.54) is 5.56 Å². The predicted octanol–water partition coefficient (Wildman–Crippen LogP) is 1.13. The lowest BCUT2D eigenvalue weighted by Gasteiger charge is -2.26. The molecule has 1 aromatic rings. The lowest BCUT2D eigenvalue weighted by Crippen LogP contribution is -2.42. The second-order valence-electron chi connectivity index (χ2n) is 4.06. The number of nitrogens with two attached hydrogens (primary N) is 1. The molecule has 1 aromatic carbocycles. The Labute approximate surface area is 98.2 Å². The van der Waals surface area contributed by atoms with Crippen molar-refractivity contribution < 1.29 is 4.74 Å². The highest BCUT2D eigenvalue weighted by Crippen LogP contribution is 2.02. The molecule has 3 nitrogen and oxygen atoms in total. The molecular formula is C13H22N2O. The van der Waals surface area contributed by atoms with E-state index in [0.29, 0.717) is 19.2 Å². The maximum atomic E-state index is 5.71. The quantitative estimate of drug-likeness (QED) is 0.751. The first-order valence-corrected chi connectivity index (χ1v) is 5.71. The van der Waals surface area contributed by atoms with Gasteiger partial charge in [0.05, 0.1) is 6.61 Å². The second-order valence-corrected chi connectivity index (χ2v) is 4.06. The summed E-state index contributed by atoms with van der Waals surface area (Å²) in [7, 11) is 3.81. The van der Waals surface area contributed by atoms with Gasteiger partial charge in [0, 0.05) is 26.2 Å². The molecule has 0 aliphatic carbocycles. The maximum Gasteiger partial charge on any atom is 0.0630 e. The molecule has 0 spiro atoms. The average molecular weight is 222 g/mol. The monoisotopic (exact) mass is 222 g/mol. The van der Waals surface area contributed by atoms with Gasteiger partial charge in [-0.05, 0) is 19.0 Å². The summed E-state index contributed by atoms with van der Waals surface area (Å²) in [5.74, 6) is 0. The zero-order valence-corrected chi connectivity index (χ0v) is 10.2. The first-order chi connectivity index (χ1) is 7.77. The summed E-state index contributed by atoms with van der Waals surface area (Å²) >= 11 is 0. The molecule has 0 radical (unpaired) electrons. The van der Waals surface area contributed by atoms with Crippen molar-refractivity contribution in [2.45, 2.75) is 12.5 Å². The van der Waals surface area contributed by atoms with Crippen LogP contribution in [-0.4, -0.2) is 44.8 Å². The van der Waals surface area contributed by atoms with Gasteiger partial charge < -0.3 is 10.5 Å². The molecule has 0 aromatic heterocycles. The Morgan fingerprint density at radius 3 is 2.56 bits per heavy atom. The molecule has 0 amide bonds. The molecule has 0 heterocycles. The van der Waals surface area contributed by atoms with Gasteiger partial charge in [-0.2, -0.15) is 0 Å². The van der Waals surface area contributed by atoms with Gasteiger partial charge in [-0.25, -0.2) is 0 Å². The zero-order valence-electron chi connectivity index (χ0n) is 10.2. The van der Waals surface area contributed by atoms with Gasteiger partial charge in [-0.1, -0.05) is 30.3 Å². The van der Waals surface area contributed by atoms with Gasteiger partial charge in [0.25, 0.3) is 0 Å². The number of nitrogens with zero attached hydrogens (tertiary/aromatic N) is 1. The second kappa shape index (κ2) is 7.39. The molecule has 0 fully saturated rings. The van der Waals surface area contributed by atoms with E-state index < -0.39 is 0 Å². The largest absolute Gasteiger partial charge is 0.383 e. The fourth-order valence-electron chi connectivity index (χ4n) is 1.70. The van der Waals surface area contributed by atoms with Gasteiger partial charge in [0.1, 0.15) is 0 Å². The predicted molar refractivity (Wildman–Crippen MR) is 67.5 cm³/mol. The number of benzene rings is 1. The Balaban J connectivity index is 2.36. The minimum Gasteiger partial charge on any atom is -0.383 e. The van der Waals surface area contributed by atoms with Crippen molar-refractivity contribution in [3.05, 3.63) is 35.9 Å². The van der Waals surface area contributed by atoms with E-state index in [1.54, 1.807) is 7.11 Å². The summed E-state index contributed by atoms with van der Waals surface area (Å²) in [6.45, 7) is 2.34. The molecule has 2 N–H and O–H groups in total. The van der Waals surface area contributed by atoms with E-state index in [4.69, 9.17) is 10.5 Å². The van der Waals surface area contributed by atoms with E-state index in [-0.39, 0.29) is 0 Å². The Morgan fingerprint density at radius 1 is 1.31 bits per heavy atom. The molecule has 16 heavy (non-hydrogen) atoms. The summed E-state index contributed by atoms with van der Waals surface area (Å²) in [5, 5.41) is 0. The third-order valence-corrected chi connectivity index (χ3v) is 2.85. The molecule has 1 atom stereocenters. The van der Waals surface area contributed by atoms with E-state index in [9.17, 15) is 0 Å². The fraction of sp³-hybridized carbons (Fsp3) is 0.538. The Kier molecular flexibility index (Phi) is 6.08. The Hall–Kier alpha value is -0.900. The molecular weight excluding hydrogens is 200 g/mol. The number of ether oxygens (including phenoxy) is 1. The molecule has 0 aliphatic rings. The smallest absolute Gasteiger partial charge is 0.0630 e. The zero-order chi connectivity index (χ0) is 11.8. The van der Waals surface area contributed by atoms with Crippen LogP contribution < -0.4 is 5.73 Å². The minimum absolute atomic E-state index is 0.314. The number of methoxy groups -OCH3 is 1. The van der Waals surface area contributed by atoms with E-state index in [1.807, 2.05) is 6.07 Å². The van der Waals surface area contributed by atoms with E-state index in [0.717, 1.165) is 13.0 Å². The van der Waals surface area contributed by atoms with Crippen LogP contribution in [0.25, 0.3) is 0 Å². The van der Waals surface area contributed by atoms with Crippen LogP contribution in [0.3, 0.4) is 0 Å². The minimum atomic E-state index is 0.314. The van der Waals surface area contributed by atoms with Crippen LogP contribution in [-0.2, 0) is 11.2 Å². The van der Waals surface area contributed by atoms with Crippen molar-refractivity contribution in [1.82, 2.24) is 4.90 Å². The number of likely N-dealkylation sites (N-methyl/N-ethyl adjacent to an activating group) is 1. The third-order valence-electron chi connectivity index (χ3n) is 2.85. The van der Waals surface area contributed by atoms with Crippen molar-refractivity contribution in [2.24, 2.45) is 5.73 Å². The van der Waals surface area contributed by atoms with Gasteiger partial charge in [-0.3, -0.25) is 4.90 Å². The summed E-state index contributed by atoms with van der Waals surface area (Å²) < 4.78 is 5.15. The van der Waals surface area contributed by atoms with Gasteiger partial charge in [0.2, 0.25) is 0 Å². The summed E-state index contributed by atoms with van der Waals surface area (Å²) in [6, 6.07) is 10.8. The van der Waals surface area contributed by atoms with Crippen LogP contribution in [0, 0.1) is 0 Å². The SMILES string of the molecule is COCC(CN)N(C)CCc1ccccc1. The van der Waals surface area contributed by atoms with Crippen LogP contribution in [0.1, 0.15) is 5.56 Å². The van der Waals surface area contributed by atoms with Crippen molar-refractivity contribution in [3.8, 4) is 0 Å². The van der Waals surface area contributed by atoms with Crippen molar-refractivity contribution in [1.29, 1.82) is 0 Å². The van der Waals surface area contributed by atoms with Crippen LogP contribution in [0.2, 0.25) is 0 Å². The van der Waals surface area contributed by atoms with Crippen molar-refractivity contribution in [3.63, 3.8) is 0 Å². The van der Waals surface area contributed by atoms with Crippen LogP contribution in [0.15, 0.2) is 30.3 Å². The standard InChI is InChI=1S/C13H22N2O/c1-15(13(10-14)11-16-2)9-8-12-6-4-3-5-7-12/h3-7,13H,8-11,14H2,1-2H3. The van der Waals surface area contributed by atoms with Gasteiger partial charge >= 0.3 is 0 Å². The highest BCUT2D eigenvalue weighted by atomic mass is 16.5. The Morgan fingerprint density at radius 2 is 2.00 bits per heavy atom. The molecule has 1 rings (SSSR count). The van der Waals surface area contributed by atoms with Crippen molar-refractivity contribution >= 4 is 0 Å². The Bertz CT molecular complexity index is 277. The third kappa shape index (κ3) is 4.31. The molecule has 0 aliphatic heterocycles.